The van der Waals surface area contributed by atoms with Crippen molar-refractivity contribution >= 4 is 23.0 Å². The molecule has 1 N–H and O–H groups in total. The molecule has 98 valence electrons. The van der Waals surface area contributed by atoms with E-state index in [0.29, 0.717) is 12.6 Å². The molecule has 0 spiro atoms. The molecule has 0 saturated carbocycles. The molecule has 18 heavy (non-hydrogen) atoms. The van der Waals surface area contributed by atoms with Crippen LogP contribution < -0.4 is 5.32 Å². The highest BCUT2D eigenvalue weighted by Crippen LogP contribution is 2.27. The van der Waals surface area contributed by atoms with E-state index in [9.17, 15) is 10.1 Å². The van der Waals surface area contributed by atoms with Crippen LogP contribution in [0.4, 0.5) is 11.4 Å². The number of nitro groups is 1. The van der Waals surface area contributed by atoms with Gasteiger partial charge in [0.05, 0.1) is 17.1 Å². The molecule has 2 atom stereocenters. The summed E-state index contributed by atoms with van der Waals surface area (Å²) in [5.74, 6) is 0. The molecule has 2 rings (SSSR count). The fourth-order valence-corrected chi connectivity index (χ4v) is 2.28. The van der Waals surface area contributed by atoms with Crippen LogP contribution in [-0.2, 0) is 4.74 Å². The average molecular weight is 271 g/mol. The third-order valence-electron chi connectivity index (χ3n) is 3.00. The maximum Gasteiger partial charge on any atom is 0.288 e. The third kappa shape index (κ3) is 3.11. The second kappa shape index (κ2) is 5.54. The molecule has 1 saturated heterocycles. The van der Waals surface area contributed by atoms with E-state index in [1.165, 1.54) is 6.07 Å². The highest BCUT2D eigenvalue weighted by molar-refractivity contribution is 6.32. The van der Waals surface area contributed by atoms with Gasteiger partial charge >= 0.3 is 0 Å². The van der Waals surface area contributed by atoms with Crippen LogP contribution in [0.3, 0.4) is 0 Å². The summed E-state index contributed by atoms with van der Waals surface area (Å²) < 4.78 is 5.67. The Balaban J connectivity index is 1.94. The average Bonchev–Trinajstić information content (AvgIpc) is 2.72. The smallest absolute Gasteiger partial charge is 0.288 e. The molecule has 1 aromatic rings. The van der Waals surface area contributed by atoms with Crippen LogP contribution in [-0.4, -0.2) is 23.7 Å². The lowest BCUT2D eigenvalue weighted by Crippen LogP contribution is -2.19. The molecule has 5 nitrogen and oxygen atoms in total. The molecule has 0 radical (unpaired) electrons. The van der Waals surface area contributed by atoms with Gasteiger partial charge in [0, 0.05) is 18.3 Å². The highest BCUT2D eigenvalue weighted by Gasteiger charge is 2.21. The Bertz CT molecular complexity index is 453. The predicted molar refractivity (Wildman–Crippen MR) is 70.2 cm³/mol. The lowest BCUT2D eigenvalue weighted by molar-refractivity contribution is -0.384. The summed E-state index contributed by atoms with van der Waals surface area (Å²) in [4.78, 5) is 10.1. The van der Waals surface area contributed by atoms with Crippen molar-refractivity contribution in [1.82, 2.24) is 0 Å². The van der Waals surface area contributed by atoms with Crippen LogP contribution in [0.5, 0.6) is 0 Å². The van der Waals surface area contributed by atoms with Gasteiger partial charge in [-0.2, -0.15) is 0 Å². The zero-order valence-electron chi connectivity index (χ0n) is 10.1. The molecule has 0 amide bonds. The first kappa shape index (κ1) is 13.1. The van der Waals surface area contributed by atoms with Crippen LogP contribution in [0.2, 0.25) is 5.02 Å². The minimum absolute atomic E-state index is 0.0760. The van der Waals surface area contributed by atoms with E-state index in [4.69, 9.17) is 16.3 Å². The molecule has 1 aliphatic heterocycles. The van der Waals surface area contributed by atoms with Crippen molar-refractivity contribution < 1.29 is 9.66 Å². The van der Waals surface area contributed by atoms with Gasteiger partial charge in [-0.15, -0.1) is 0 Å². The van der Waals surface area contributed by atoms with Gasteiger partial charge < -0.3 is 10.1 Å². The Morgan fingerprint density at radius 2 is 2.33 bits per heavy atom. The van der Waals surface area contributed by atoms with E-state index >= 15 is 0 Å². The van der Waals surface area contributed by atoms with Crippen molar-refractivity contribution in [1.29, 1.82) is 0 Å². The number of hydrogen-bond donors (Lipinski definition) is 1. The molecule has 1 aliphatic rings. The van der Waals surface area contributed by atoms with Crippen molar-refractivity contribution in [2.45, 2.75) is 32.0 Å². The number of hydrogen-bond acceptors (Lipinski definition) is 4. The van der Waals surface area contributed by atoms with Crippen molar-refractivity contribution in [3.63, 3.8) is 0 Å². The lowest BCUT2D eigenvalue weighted by atomic mass is 10.2. The SMILES string of the molecule is CC1CCC(CNc2ccc([N+](=O)[O-])c(Cl)c2)O1. The zero-order valence-corrected chi connectivity index (χ0v) is 10.8. The van der Waals surface area contributed by atoms with Gasteiger partial charge in [-0.1, -0.05) is 11.6 Å². The fourth-order valence-electron chi connectivity index (χ4n) is 2.03. The van der Waals surface area contributed by atoms with E-state index in [-0.39, 0.29) is 16.8 Å². The van der Waals surface area contributed by atoms with Gasteiger partial charge in [-0.05, 0) is 31.9 Å². The highest BCUT2D eigenvalue weighted by atomic mass is 35.5. The van der Waals surface area contributed by atoms with Gasteiger partial charge in [0.2, 0.25) is 0 Å². The maximum absolute atomic E-state index is 10.6. The molecule has 1 aromatic carbocycles. The van der Waals surface area contributed by atoms with Gasteiger partial charge in [0.1, 0.15) is 5.02 Å². The minimum Gasteiger partial charge on any atom is -0.382 e. The standard InChI is InChI=1S/C12H15ClN2O3/c1-8-2-4-10(18-8)7-14-9-3-5-12(15(16)17)11(13)6-9/h3,5-6,8,10,14H,2,4,7H2,1H3. The monoisotopic (exact) mass is 270 g/mol. The molecule has 0 aromatic heterocycles. The number of benzene rings is 1. The second-order valence-electron chi connectivity index (χ2n) is 4.45. The second-order valence-corrected chi connectivity index (χ2v) is 4.86. The first-order valence-electron chi connectivity index (χ1n) is 5.89. The third-order valence-corrected chi connectivity index (χ3v) is 3.30. The first-order chi connectivity index (χ1) is 8.56. The van der Waals surface area contributed by atoms with E-state index < -0.39 is 4.92 Å². The van der Waals surface area contributed by atoms with Crippen LogP contribution in [0, 0.1) is 10.1 Å². The summed E-state index contributed by atoms with van der Waals surface area (Å²) >= 11 is 5.83. The molecular weight excluding hydrogens is 256 g/mol. The van der Waals surface area contributed by atoms with Gasteiger partial charge in [-0.3, -0.25) is 10.1 Å². The summed E-state index contributed by atoms with van der Waals surface area (Å²) in [6.45, 7) is 2.75. The van der Waals surface area contributed by atoms with Crippen molar-refractivity contribution in [2.24, 2.45) is 0 Å². The molecule has 0 bridgehead atoms. The van der Waals surface area contributed by atoms with Gasteiger partial charge in [-0.25, -0.2) is 0 Å². The number of ether oxygens (including phenoxy) is 1. The van der Waals surface area contributed by atoms with Crippen LogP contribution in [0.25, 0.3) is 0 Å². The summed E-state index contributed by atoms with van der Waals surface area (Å²) in [5, 5.41) is 13.9. The van der Waals surface area contributed by atoms with Gasteiger partial charge in [0.15, 0.2) is 0 Å². The number of rotatable bonds is 4. The van der Waals surface area contributed by atoms with Crippen LogP contribution >= 0.6 is 11.6 Å². The molecule has 0 aliphatic carbocycles. The Hall–Kier alpha value is -1.33. The van der Waals surface area contributed by atoms with E-state index in [0.717, 1.165) is 18.5 Å². The normalized spacial score (nSPS) is 23.0. The zero-order chi connectivity index (χ0) is 13.1. The Labute approximate surface area is 110 Å². The molecule has 1 heterocycles. The Morgan fingerprint density at radius 1 is 1.56 bits per heavy atom. The summed E-state index contributed by atoms with van der Waals surface area (Å²) in [6.07, 6.45) is 2.63. The molecular formula is C12H15ClN2O3. The van der Waals surface area contributed by atoms with Crippen LogP contribution in [0.1, 0.15) is 19.8 Å². The quantitative estimate of drug-likeness (QED) is 0.674. The summed E-state index contributed by atoms with van der Waals surface area (Å²) in [7, 11) is 0. The number of nitrogens with zero attached hydrogens (tertiary/aromatic N) is 1. The van der Waals surface area contributed by atoms with Crippen molar-refractivity contribution in [2.75, 3.05) is 11.9 Å². The molecule has 6 heteroatoms. The number of anilines is 1. The first-order valence-corrected chi connectivity index (χ1v) is 6.27. The van der Waals surface area contributed by atoms with Gasteiger partial charge in [0.25, 0.3) is 5.69 Å². The topological polar surface area (TPSA) is 64.4 Å². The predicted octanol–water partition coefficient (Wildman–Crippen LogP) is 3.23. The number of nitro benzene ring substituents is 1. The Kier molecular flexibility index (Phi) is 4.04. The van der Waals surface area contributed by atoms with E-state index in [1.807, 2.05) is 0 Å². The Morgan fingerprint density at radius 3 is 2.89 bits per heavy atom. The van der Waals surface area contributed by atoms with Crippen LogP contribution in [0.15, 0.2) is 18.2 Å². The fraction of sp³-hybridized carbons (Fsp3) is 0.500. The lowest BCUT2D eigenvalue weighted by Gasteiger charge is -2.13. The van der Waals surface area contributed by atoms with Crippen molar-refractivity contribution in [3.05, 3.63) is 33.3 Å². The number of nitrogens with one attached hydrogen (secondary N) is 1. The van der Waals surface area contributed by atoms with Crippen molar-refractivity contribution in [3.8, 4) is 0 Å². The summed E-state index contributed by atoms with van der Waals surface area (Å²) in [5.41, 5.74) is 0.696. The molecule has 1 fully saturated rings. The number of halogens is 1. The largest absolute Gasteiger partial charge is 0.382 e. The minimum atomic E-state index is -0.492. The van der Waals surface area contributed by atoms with E-state index in [1.54, 1.807) is 12.1 Å². The maximum atomic E-state index is 10.6. The molecule has 2 unspecified atom stereocenters. The van der Waals surface area contributed by atoms with E-state index in [2.05, 4.69) is 12.2 Å². The summed E-state index contributed by atoms with van der Waals surface area (Å²) in [6, 6.07) is 4.63.